The zero-order chi connectivity index (χ0) is 24.8. The minimum Gasteiger partial charge on any atom is -0.369 e. The Kier molecular flexibility index (Phi) is 4.99. The average Bonchev–Trinajstić information content (AvgIpc) is 3.52. The van der Waals surface area contributed by atoms with Gasteiger partial charge in [0.25, 0.3) is 0 Å². The van der Waals surface area contributed by atoms with Crippen molar-refractivity contribution in [2.24, 2.45) is 5.73 Å². The van der Waals surface area contributed by atoms with E-state index in [0.29, 0.717) is 22.7 Å². The molecule has 0 aliphatic rings. The number of nitrogens with zero attached hydrogens (tertiary/aromatic N) is 5. The number of hydrogen-bond donors (Lipinski definition) is 3. The predicted octanol–water partition coefficient (Wildman–Crippen LogP) is 4.35. The number of H-pyrrole nitrogens is 2. The van der Waals surface area contributed by atoms with Gasteiger partial charge in [-0.15, -0.1) is 0 Å². The lowest BCUT2D eigenvalue weighted by Crippen LogP contribution is -2.18. The van der Waals surface area contributed by atoms with Gasteiger partial charge in [0.2, 0.25) is 5.91 Å². The summed E-state index contributed by atoms with van der Waals surface area (Å²) >= 11 is 0. The van der Waals surface area contributed by atoms with E-state index in [1.165, 1.54) is 12.1 Å². The first-order chi connectivity index (χ1) is 17.5. The molecule has 5 heterocycles. The van der Waals surface area contributed by atoms with E-state index in [1.807, 2.05) is 12.1 Å². The molecule has 1 aromatic carbocycles. The SMILES string of the molecule is CC(C(N)=O)c1cncc(-c2cnc3n[nH]c(-c4nc5c(-c6ccc(F)cc6)cncc5[nH]4)c3c2)c1. The van der Waals surface area contributed by atoms with Crippen molar-refractivity contribution in [2.45, 2.75) is 12.8 Å². The van der Waals surface area contributed by atoms with Crippen LogP contribution in [0.5, 0.6) is 0 Å². The normalized spacial score (nSPS) is 12.3. The molecule has 1 amide bonds. The highest BCUT2D eigenvalue weighted by Crippen LogP contribution is 2.32. The van der Waals surface area contributed by atoms with E-state index in [0.717, 1.165) is 38.7 Å². The number of carbonyl (C=O) groups excluding carboxylic acids is 1. The van der Waals surface area contributed by atoms with E-state index in [9.17, 15) is 9.18 Å². The number of primary amides is 1. The number of hydrogen-bond acceptors (Lipinski definition) is 6. The number of carbonyl (C=O) groups is 1. The molecule has 0 saturated carbocycles. The lowest BCUT2D eigenvalue weighted by molar-refractivity contribution is -0.119. The van der Waals surface area contributed by atoms with E-state index < -0.39 is 11.8 Å². The van der Waals surface area contributed by atoms with Gasteiger partial charge in [0.1, 0.15) is 11.5 Å². The molecule has 0 radical (unpaired) electrons. The second-order valence-electron chi connectivity index (χ2n) is 8.50. The lowest BCUT2D eigenvalue weighted by atomic mass is 9.99. The fourth-order valence-electron chi connectivity index (χ4n) is 4.15. The van der Waals surface area contributed by atoms with E-state index >= 15 is 0 Å². The number of nitrogens with one attached hydrogen (secondary N) is 2. The number of rotatable bonds is 5. The van der Waals surface area contributed by atoms with Crippen molar-refractivity contribution in [3.8, 4) is 33.8 Å². The molecule has 0 bridgehead atoms. The first kappa shape index (κ1) is 21.5. The minimum atomic E-state index is -0.460. The van der Waals surface area contributed by atoms with Gasteiger partial charge in [0.05, 0.1) is 28.5 Å². The number of aromatic nitrogens is 7. The number of halogens is 1. The van der Waals surface area contributed by atoms with E-state index in [2.05, 4.69) is 30.1 Å². The Bertz CT molecular complexity index is 1760. The molecular weight excluding hydrogens is 459 g/mol. The standard InChI is InChI=1S/C26H19FN8O/c1-13(24(28)36)15-6-16(9-29-8-15)17-7-19-23(34-35-25(19)31-10-17)26-32-21-12-30-11-20(22(21)33-26)14-2-4-18(27)5-3-14/h2-13H,1H3,(H2,28,36)(H,32,33)(H,31,34,35). The van der Waals surface area contributed by atoms with Crippen molar-refractivity contribution in [1.82, 2.24) is 35.1 Å². The fraction of sp³-hybridized carbons (Fsp3) is 0.0769. The number of aromatic amines is 2. The third-order valence-corrected chi connectivity index (χ3v) is 6.22. The number of benzene rings is 1. The summed E-state index contributed by atoms with van der Waals surface area (Å²) in [6.45, 7) is 1.75. The summed E-state index contributed by atoms with van der Waals surface area (Å²) in [7, 11) is 0. The molecule has 176 valence electrons. The summed E-state index contributed by atoms with van der Waals surface area (Å²) in [5, 5.41) is 8.12. The second-order valence-corrected chi connectivity index (χ2v) is 8.50. The van der Waals surface area contributed by atoms with Crippen LogP contribution >= 0.6 is 0 Å². The summed E-state index contributed by atoms with van der Waals surface area (Å²) < 4.78 is 13.4. The molecule has 5 aromatic heterocycles. The Morgan fingerprint density at radius 2 is 1.75 bits per heavy atom. The predicted molar refractivity (Wildman–Crippen MR) is 133 cm³/mol. The molecule has 1 atom stereocenters. The molecule has 36 heavy (non-hydrogen) atoms. The molecule has 0 spiro atoms. The Balaban J connectivity index is 1.45. The van der Waals surface area contributed by atoms with Crippen molar-refractivity contribution >= 4 is 28.0 Å². The number of imidazole rings is 1. The molecular formula is C26H19FN8O. The smallest absolute Gasteiger partial charge is 0.224 e. The van der Waals surface area contributed by atoms with Gasteiger partial charge < -0.3 is 10.7 Å². The minimum absolute atomic E-state index is 0.307. The summed E-state index contributed by atoms with van der Waals surface area (Å²) in [4.78, 5) is 32.8. The van der Waals surface area contributed by atoms with Crippen molar-refractivity contribution in [1.29, 1.82) is 0 Å². The Morgan fingerprint density at radius 1 is 0.972 bits per heavy atom. The molecule has 10 heteroatoms. The lowest BCUT2D eigenvalue weighted by Gasteiger charge is -2.09. The van der Waals surface area contributed by atoms with Gasteiger partial charge in [-0.25, -0.2) is 14.4 Å². The zero-order valence-electron chi connectivity index (χ0n) is 19.0. The third-order valence-electron chi connectivity index (χ3n) is 6.22. The average molecular weight is 478 g/mol. The van der Waals surface area contributed by atoms with Crippen LogP contribution in [-0.4, -0.2) is 41.0 Å². The van der Waals surface area contributed by atoms with Gasteiger partial charge in [-0.2, -0.15) is 5.10 Å². The molecule has 4 N–H and O–H groups in total. The summed E-state index contributed by atoms with van der Waals surface area (Å²) in [6, 6.07) is 10.0. The number of amides is 1. The first-order valence-corrected chi connectivity index (χ1v) is 11.2. The van der Waals surface area contributed by atoms with Gasteiger partial charge in [0, 0.05) is 41.5 Å². The molecule has 0 aliphatic heterocycles. The molecule has 6 aromatic rings. The maximum absolute atomic E-state index is 13.4. The van der Waals surface area contributed by atoms with Crippen molar-refractivity contribution in [2.75, 3.05) is 0 Å². The van der Waals surface area contributed by atoms with E-state index in [-0.39, 0.29) is 5.82 Å². The van der Waals surface area contributed by atoms with Crippen molar-refractivity contribution in [3.05, 3.63) is 78.8 Å². The van der Waals surface area contributed by atoms with Gasteiger partial charge >= 0.3 is 0 Å². The molecule has 6 rings (SSSR count). The highest BCUT2D eigenvalue weighted by molar-refractivity contribution is 5.96. The van der Waals surface area contributed by atoms with Gasteiger partial charge in [-0.1, -0.05) is 12.1 Å². The third kappa shape index (κ3) is 3.65. The van der Waals surface area contributed by atoms with Crippen LogP contribution in [0.4, 0.5) is 4.39 Å². The number of nitrogens with two attached hydrogens (primary N) is 1. The van der Waals surface area contributed by atoms with Crippen LogP contribution in [0, 0.1) is 5.82 Å². The summed E-state index contributed by atoms with van der Waals surface area (Å²) in [5.74, 6) is -0.618. The summed E-state index contributed by atoms with van der Waals surface area (Å²) in [5.41, 5.74) is 12.0. The van der Waals surface area contributed by atoms with Gasteiger partial charge in [-0.05, 0) is 42.3 Å². The van der Waals surface area contributed by atoms with E-state index in [1.54, 1.807) is 50.0 Å². The van der Waals surface area contributed by atoms with Crippen LogP contribution in [0.15, 0.2) is 67.4 Å². The summed E-state index contributed by atoms with van der Waals surface area (Å²) in [6.07, 6.45) is 8.45. The molecule has 9 nitrogen and oxygen atoms in total. The van der Waals surface area contributed by atoms with Crippen LogP contribution in [0.3, 0.4) is 0 Å². The highest BCUT2D eigenvalue weighted by atomic mass is 19.1. The van der Waals surface area contributed by atoms with Crippen LogP contribution in [0.1, 0.15) is 18.4 Å². The topological polar surface area (TPSA) is 139 Å². The number of pyridine rings is 3. The largest absolute Gasteiger partial charge is 0.369 e. The van der Waals surface area contributed by atoms with E-state index in [4.69, 9.17) is 10.7 Å². The fourth-order valence-corrected chi connectivity index (χ4v) is 4.15. The van der Waals surface area contributed by atoms with Gasteiger partial charge in [0.15, 0.2) is 11.5 Å². The van der Waals surface area contributed by atoms with Crippen LogP contribution in [0.2, 0.25) is 0 Å². The van der Waals surface area contributed by atoms with Gasteiger partial charge in [-0.3, -0.25) is 19.9 Å². The number of fused-ring (bicyclic) bond motifs is 2. The monoisotopic (exact) mass is 478 g/mol. The highest BCUT2D eigenvalue weighted by Gasteiger charge is 2.17. The van der Waals surface area contributed by atoms with Crippen LogP contribution in [0.25, 0.3) is 55.8 Å². The molecule has 0 saturated heterocycles. The second kappa shape index (κ2) is 8.35. The Morgan fingerprint density at radius 3 is 2.56 bits per heavy atom. The zero-order valence-corrected chi connectivity index (χ0v) is 19.0. The molecule has 0 aliphatic carbocycles. The first-order valence-electron chi connectivity index (χ1n) is 11.2. The van der Waals surface area contributed by atoms with Crippen LogP contribution < -0.4 is 5.73 Å². The van der Waals surface area contributed by atoms with Crippen LogP contribution in [-0.2, 0) is 4.79 Å². The maximum Gasteiger partial charge on any atom is 0.224 e. The van der Waals surface area contributed by atoms with Crippen molar-refractivity contribution in [3.63, 3.8) is 0 Å². The quantitative estimate of drug-likeness (QED) is 0.337. The Labute approximate surface area is 203 Å². The van der Waals surface area contributed by atoms with Crippen molar-refractivity contribution < 1.29 is 9.18 Å². The Hall–Kier alpha value is -4.99. The molecule has 0 fully saturated rings. The molecule has 1 unspecified atom stereocenters. The maximum atomic E-state index is 13.4.